The van der Waals surface area contributed by atoms with Crippen LogP contribution in [0.4, 0.5) is 0 Å². The highest BCUT2D eigenvalue weighted by atomic mass is 16.6. The van der Waals surface area contributed by atoms with E-state index in [1.165, 1.54) is 10.8 Å². The summed E-state index contributed by atoms with van der Waals surface area (Å²) in [5.74, 6) is 1.68. The molecule has 0 N–H and O–H groups in total. The zero-order chi connectivity index (χ0) is 15.2. The third kappa shape index (κ3) is 1.83. The molecule has 1 aliphatic rings. The molecule has 0 radical (unpaired) electrons. The SMILES string of the molecule is c1ccc(B2Oc3c(c4ccccc4c4ccccc34)O2)cc1. The van der Waals surface area contributed by atoms with Crippen LogP contribution >= 0.6 is 0 Å². The van der Waals surface area contributed by atoms with Crippen molar-refractivity contribution in [3.05, 3.63) is 78.9 Å². The molecule has 0 bridgehead atoms. The fourth-order valence-corrected chi connectivity index (χ4v) is 3.29. The molecule has 4 aromatic carbocycles. The van der Waals surface area contributed by atoms with Crippen molar-refractivity contribution in [1.29, 1.82) is 0 Å². The number of rotatable bonds is 1. The first-order valence-corrected chi connectivity index (χ1v) is 7.73. The van der Waals surface area contributed by atoms with Crippen LogP contribution in [0.2, 0.25) is 0 Å². The number of hydrogen-bond acceptors (Lipinski definition) is 2. The van der Waals surface area contributed by atoms with E-state index in [1.54, 1.807) is 0 Å². The van der Waals surface area contributed by atoms with E-state index in [1.807, 2.05) is 42.5 Å². The van der Waals surface area contributed by atoms with E-state index < -0.39 is 0 Å². The molecule has 0 saturated carbocycles. The molecular weight excluding hydrogens is 283 g/mol. The Labute approximate surface area is 134 Å². The van der Waals surface area contributed by atoms with Crippen LogP contribution in [0.1, 0.15) is 0 Å². The second kappa shape index (κ2) is 4.78. The molecule has 0 amide bonds. The van der Waals surface area contributed by atoms with Gasteiger partial charge < -0.3 is 9.31 Å². The van der Waals surface area contributed by atoms with Crippen molar-refractivity contribution in [2.45, 2.75) is 0 Å². The van der Waals surface area contributed by atoms with Crippen molar-refractivity contribution < 1.29 is 9.31 Å². The van der Waals surface area contributed by atoms with Gasteiger partial charge in [0.05, 0.1) is 0 Å². The Morgan fingerprint density at radius 1 is 0.478 bits per heavy atom. The Morgan fingerprint density at radius 2 is 0.913 bits per heavy atom. The van der Waals surface area contributed by atoms with Gasteiger partial charge in [-0.05, 0) is 10.8 Å². The van der Waals surface area contributed by atoms with E-state index in [0.29, 0.717) is 0 Å². The summed E-state index contributed by atoms with van der Waals surface area (Å²) in [6.07, 6.45) is 0. The lowest BCUT2D eigenvalue weighted by atomic mass is 9.79. The smallest absolute Gasteiger partial charge is 0.519 e. The van der Waals surface area contributed by atoms with Gasteiger partial charge in [-0.15, -0.1) is 0 Å². The lowest BCUT2D eigenvalue weighted by Crippen LogP contribution is -2.38. The highest BCUT2D eigenvalue weighted by Gasteiger charge is 2.36. The minimum absolute atomic E-state index is 0.389. The largest absolute Gasteiger partial charge is 0.632 e. The lowest BCUT2D eigenvalue weighted by molar-refractivity contribution is 0.522. The average Bonchev–Trinajstić information content (AvgIpc) is 3.09. The Balaban J connectivity index is 1.79. The topological polar surface area (TPSA) is 18.5 Å². The van der Waals surface area contributed by atoms with Gasteiger partial charge in [0.25, 0.3) is 0 Å². The standard InChI is InChI=1S/C20H13BO2/c1-2-8-14(9-3-1)21-22-19-17-12-6-4-10-15(17)16-11-5-7-13-18(16)20(19)23-21/h1-13H. The first kappa shape index (κ1) is 12.6. The van der Waals surface area contributed by atoms with Crippen molar-refractivity contribution in [2.24, 2.45) is 0 Å². The molecule has 5 rings (SSSR count). The molecule has 0 fully saturated rings. The summed E-state index contributed by atoms with van der Waals surface area (Å²) >= 11 is 0. The molecule has 3 heteroatoms. The molecule has 2 nitrogen and oxygen atoms in total. The summed E-state index contributed by atoms with van der Waals surface area (Å²) in [7, 11) is -0.389. The Morgan fingerprint density at radius 3 is 1.43 bits per heavy atom. The molecule has 1 heterocycles. The van der Waals surface area contributed by atoms with Crippen LogP contribution in [-0.4, -0.2) is 7.12 Å². The molecule has 0 saturated heterocycles. The second-order valence-electron chi connectivity index (χ2n) is 5.73. The van der Waals surface area contributed by atoms with Crippen LogP contribution in [0.25, 0.3) is 21.5 Å². The lowest BCUT2D eigenvalue weighted by Gasteiger charge is -2.09. The van der Waals surface area contributed by atoms with E-state index >= 15 is 0 Å². The van der Waals surface area contributed by atoms with Crippen molar-refractivity contribution in [3.63, 3.8) is 0 Å². The van der Waals surface area contributed by atoms with E-state index in [2.05, 4.69) is 36.4 Å². The normalized spacial score (nSPS) is 13.0. The van der Waals surface area contributed by atoms with Gasteiger partial charge in [0.15, 0.2) is 11.5 Å². The molecule has 0 spiro atoms. The number of fused-ring (bicyclic) bond motifs is 6. The Hall–Kier alpha value is -2.94. The molecule has 4 aromatic rings. The van der Waals surface area contributed by atoms with Crippen LogP contribution in [0.15, 0.2) is 78.9 Å². The van der Waals surface area contributed by atoms with Crippen LogP contribution in [-0.2, 0) is 0 Å². The van der Waals surface area contributed by atoms with Crippen molar-refractivity contribution in [3.8, 4) is 11.5 Å². The molecule has 1 aliphatic heterocycles. The maximum atomic E-state index is 6.19. The molecule has 0 atom stereocenters. The van der Waals surface area contributed by atoms with Gasteiger partial charge >= 0.3 is 7.12 Å². The highest BCUT2D eigenvalue weighted by Crippen LogP contribution is 2.46. The molecule has 108 valence electrons. The van der Waals surface area contributed by atoms with Crippen molar-refractivity contribution in [1.82, 2.24) is 0 Å². The summed E-state index contributed by atoms with van der Waals surface area (Å²) in [5.41, 5.74) is 1.02. The van der Waals surface area contributed by atoms with E-state index in [4.69, 9.17) is 9.31 Å². The summed E-state index contributed by atoms with van der Waals surface area (Å²) in [6, 6.07) is 26.7. The first-order valence-electron chi connectivity index (χ1n) is 7.73. The quantitative estimate of drug-likeness (QED) is 0.388. The van der Waals surface area contributed by atoms with Gasteiger partial charge in [-0.2, -0.15) is 0 Å². The molecule has 23 heavy (non-hydrogen) atoms. The van der Waals surface area contributed by atoms with Gasteiger partial charge in [-0.3, -0.25) is 0 Å². The maximum absolute atomic E-state index is 6.19. The Kier molecular flexibility index (Phi) is 2.62. The van der Waals surface area contributed by atoms with Gasteiger partial charge in [-0.1, -0.05) is 78.9 Å². The second-order valence-corrected chi connectivity index (χ2v) is 5.73. The number of benzene rings is 4. The summed E-state index contributed by atoms with van der Waals surface area (Å²) in [5, 5.41) is 4.58. The van der Waals surface area contributed by atoms with Crippen LogP contribution in [0, 0.1) is 0 Å². The molecule has 0 unspecified atom stereocenters. The average molecular weight is 296 g/mol. The summed E-state index contributed by atoms with van der Waals surface area (Å²) < 4.78 is 12.4. The van der Waals surface area contributed by atoms with E-state index in [-0.39, 0.29) is 7.12 Å². The zero-order valence-electron chi connectivity index (χ0n) is 12.4. The zero-order valence-corrected chi connectivity index (χ0v) is 12.4. The molecular formula is C20H13BO2. The fourth-order valence-electron chi connectivity index (χ4n) is 3.29. The maximum Gasteiger partial charge on any atom is 0.632 e. The predicted molar refractivity (Wildman–Crippen MR) is 94.5 cm³/mol. The monoisotopic (exact) mass is 296 g/mol. The summed E-state index contributed by atoms with van der Waals surface area (Å²) in [4.78, 5) is 0. The first-order chi connectivity index (χ1) is 11.4. The van der Waals surface area contributed by atoms with Crippen LogP contribution < -0.4 is 14.8 Å². The molecule has 0 aromatic heterocycles. The molecule has 0 aliphatic carbocycles. The van der Waals surface area contributed by atoms with Crippen molar-refractivity contribution >= 4 is 34.1 Å². The highest BCUT2D eigenvalue weighted by molar-refractivity contribution is 6.64. The Bertz CT molecular complexity index is 963. The van der Waals surface area contributed by atoms with Crippen molar-refractivity contribution in [2.75, 3.05) is 0 Å². The van der Waals surface area contributed by atoms with Gasteiger partial charge in [0.1, 0.15) is 0 Å². The predicted octanol–water partition coefficient (Wildman–Crippen LogP) is 4.16. The van der Waals surface area contributed by atoms with Gasteiger partial charge in [0.2, 0.25) is 0 Å². The van der Waals surface area contributed by atoms with E-state index in [0.717, 1.165) is 27.7 Å². The fraction of sp³-hybridized carbons (Fsp3) is 0. The van der Waals surface area contributed by atoms with Gasteiger partial charge in [0, 0.05) is 16.2 Å². The summed E-state index contributed by atoms with van der Waals surface area (Å²) in [6.45, 7) is 0. The van der Waals surface area contributed by atoms with Crippen LogP contribution in [0.5, 0.6) is 11.5 Å². The number of hydrogen-bond donors (Lipinski definition) is 0. The minimum Gasteiger partial charge on any atom is -0.519 e. The minimum atomic E-state index is -0.389. The van der Waals surface area contributed by atoms with Crippen LogP contribution in [0.3, 0.4) is 0 Å². The third-order valence-corrected chi connectivity index (χ3v) is 4.36. The van der Waals surface area contributed by atoms with E-state index in [9.17, 15) is 0 Å². The van der Waals surface area contributed by atoms with Gasteiger partial charge in [-0.25, -0.2) is 0 Å². The third-order valence-electron chi connectivity index (χ3n) is 4.36.